The highest BCUT2D eigenvalue weighted by atomic mass is 16.5. The van der Waals surface area contributed by atoms with Crippen LogP contribution in [0.5, 0.6) is 11.5 Å². The minimum atomic E-state index is -0.390. The molecule has 0 radical (unpaired) electrons. The molecule has 1 aliphatic heterocycles. The van der Waals surface area contributed by atoms with Crippen molar-refractivity contribution >= 4 is 5.91 Å². The largest absolute Gasteiger partial charge is 0.497 e. The number of amides is 1. The third-order valence-corrected chi connectivity index (χ3v) is 5.13. The van der Waals surface area contributed by atoms with Crippen molar-refractivity contribution in [3.05, 3.63) is 52.3 Å². The predicted molar refractivity (Wildman–Crippen MR) is 94.2 cm³/mol. The molecule has 1 aliphatic carbocycles. The van der Waals surface area contributed by atoms with Crippen molar-refractivity contribution in [2.45, 2.75) is 32.1 Å². The monoisotopic (exact) mass is 338 g/mol. The first-order chi connectivity index (χ1) is 12.1. The number of aromatic nitrogens is 1. The standard InChI is InChI=1S/C20H22N2O3/c1-24-15-6-5-14-7-12(11-25-19(14)10-15)8-18-16(20(21)23)9-13-3-2-4-17(13)22-18/h5-6,9-10,12H,2-4,7-8,11H2,1H3,(H2,21,23). The molecule has 2 aliphatic rings. The van der Waals surface area contributed by atoms with Gasteiger partial charge >= 0.3 is 0 Å². The van der Waals surface area contributed by atoms with E-state index in [1.54, 1.807) is 7.11 Å². The van der Waals surface area contributed by atoms with Gasteiger partial charge in [0.05, 0.1) is 25.0 Å². The highest BCUT2D eigenvalue weighted by molar-refractivity contribution is 5.94. The van der Waals surface area contributed by atoms with Crippen LogP contribution in [-0.2, 0) is 25.7 Å². The molecule has 2 aromatic rings. The maximum absolute atomic E-state index is 11.9. The molecule has 1 aromatic carbocycles. The van der Waals surface area contributed by atoms with Gasteiger partial charge in [-0.3, -0.25) is 9.78 Å². The van der Waals surface area contributed by atoms with Crippen LogP contribution in [0.3, 0.4) is 0 Å². The number of carbonyl (C=O) groups is 1. The summed E-state index contributed by atoms with van der Waals surface area (Å²) >= 11 is 0. The average Bonchev–Trinajstić information content (AvgIpc) is 3.07. The zero-order valence-electron chi connectivity index (χ0n) is 14.4. The Balaban J connectivity index is 1.57. The summed E-state index contributed by atoms with van der Waals surface area (Å²) < 4.78 is 11.2. The lowest BCUT2D eigenvalue weighted by molar-refractivity contribution is 0.0998. The number of nitrogens with two attached hydrogens (primary N) is 1. The number of ether oxygens (including phenoxy) is 2. The van der Waals surface area contributed by atoms with Crippen molar-refractivity contribution in [3.63, 3.8) is 0 Å². The molecule has 0 saturated carbocycles. The number of methoxy groups -OCH3 is 1. The fourth-order valence-electron chi connectivity index (χ4n) is 3.83. The third-order valence-electron chi connectivity index (χ3n) is 5.13. The molecule has 1 atom stereocenters. The van der Waals surface area contributed by atoms with E-state index in [1.807, 2.05) is 24.3 Å². The molecule has 1 amide bonds. The molecule has 130 valence electrons. The van der Waals surface area contributed by atoms with E-state index in [0.29, 0.717) is 18.6 Å². The Kier molecular flexibility index (Phi) is 4.07. The van der Waals surface area contributed by atoms with Gasteiger partial charge in [0.1, 0.15) is 11.5 Å². The maximum Gasteiger partial charge on any atom is 0.250 e. The van der Waals surface area contributed by atoms with Gasteiger partial charge in [0, 0.05) is 17.7 Å². The summed E-state index contributed by atoms with van der Waals surface area (Å²) in [6, 6.07) is 7.88. The van der Waals surface area contributed by atoms with Gasteiger partial charge in [-0.2, -0.15) is 0 Å². The lowest BCUT2D eigenvalue weighted by Gasteiger charge is -2.26. The van der Waals surface area contributed by atoms with Crippen LogP contribution in [0, 0.1) is 5.92 Å². The van der Waals surface area contributed by atoms with E-state index in [4.69, 9.17) is 20.2 Å². The zero-order chi connectivity index (χ0) is 17.4. The van der Waals surface area contributed by atoms with Gasteiger partial charge in [0.2, 0.25) is 0 Å². The minimum absolute atomic E-state index is 0.283. The van der Waals surface area contributed by atoms with Gasteiger partial charge < -0.3 is 15.2 Å². The number of primary amides is 1. The van der Waals surface area contributed by atoms with Gasteiger partial charge in [-0.05, 0) is 55.4 Å². The van der Waals surface area contributed by atoms with E-state index >= 15 is 0 Å². The van der Waals surface area contributed by atoms with Gasteiger partial charge in [-0.15, -0.1) is 0 Å². The maximum atomic E-state index is 11.9. The summed E-state index contributed by atoms with van der Waals surface area (Å²) in [5, 5.41) is 0. The molecule has 25 heavy (non-hydrogen) atoms. The molecule has 5 heteroatoms. The van der Waals surface area contributed by atoms with Gasteiger partial charge in [-0.25, -0.2) is 0 Å². The molecular formula is C20H22N2O3. The summed E-state index contributed by atoms with van der Waals surface area (Å²) in [5.74, 6) is 1.58. The van der Waals surface area contributed by atoms with E-state index in [-0.39, 0.29) is 11.8 Å². The van der Waals surface area contributed by atoms with Crippen LogP contribution in [0.1, 0.15) is 39.3 Å². The van der Waals surface area contributed by atoms with Crippen LogP contribution in [-0.4, -0.2) is 24.6 Å². The number of pyridine rings is 1. The molecule has 0 spiro atoms. The molecule has 2 heterocycles. The Bertz CT molecular complexity index is 832. The highest BCUT2D eigenvalue weighted by Crippen LogP contribution is 2.33. The Hall–Kier alpha value is -2.56. The second-order valence-corrected chi connectivity index (χ2v) is 6.87. The third kappa shape index (κ3) is 3.06. The van der Waals surface area contributed by atoms with Crippen LogP contribution < -0.4 is 15.2 Å². The van der Waals surface area contributed by atoms with Crippen molar-refractivity contribution in [2.75, 3.05) is 13.7 Å². The number of rotatable bonds is 4. The van der Waals surface area contributed by atoms with E-state index < -0.39 is 0 Å². The van der Waals surface area contributed by atoms with Crippen molar-refractivity contribution in [1.29, 1.82) is 0 Å². The topological polar surface area (TPSA) is 74.4 Å². The number of benzene rings is 1. The molecular weight excluding hydrogens is 316 g/mol. The van der Waals surface area contributed by atoms with Crippen LogP contribution in [0.2, 0.25) is 0 Å². The molecule has 0 saturated heterocycles. The molecule has 0 bridgehead atoms. The minimum Gasteiger partial charge on any atom is -0.497 e. The molecule has 1 aromatic heterocycles. The molecule has 0 fully saturated rings. The number of aryl methyl sites for hydroxylation is 2. The summed E-state index contributed by atoms with van der Waals surface area (Å²) in [5.41, 5.74) is 10.5. The summed E-state index contributed by atoms with van der Waals surface area (Å²) in [6.45, 7) is 0.608. The second kappa shape index (κ2) is 6.39. The fraction of sp³-hybridized carbons (Fsp3) is 0.400. The Morgan fingerprint density at radius 1 is 1.32 bits per heavy atom. The molecule has 2 N–H and O–H groups in total. The fourth-order valence-corrected chi connectivity index (χ4v) is 3.83. The van der Waals surface area contributed by atoms with E-state index in [9.17, 15) is 4.79 Å². The van der Waals surface area contributed by atoms with Gasteiger partial charge in [-0.1, -0.05) is 6.07 Å². The van der Waals surface area contributed by atoms with Crippen LogP contribution in [0.15, 0.2) is 24.3 Å². The quantitative estimate of drug-likeness (QED) is 0.929. The number of hydrogen-bond donors (Lipinski definition) is 1. The predicted octanol–water partition coefficient (Wildman–Crippen LogP) is 2.47. The molecule has 5 nitrogen and oxygen atoms in total. The van der Waals surface area contributed by atoms with Crippen molar-refractivity contribution in [1.82, 2.24) is 4.98 Å². The van der Waals surface area contributed by atoms with Crippen molar-refractivity contribution in [3.8, 4) is 11.5 Å². The van der Waals surface area contributed by atoms with Crippen LogP contribution in [0.4, 0.5) is 0 Å². The van der Waals surface area contributed by atoms with E-state index in [0.717, 1.165) is 48.6 Å². The Morgan fingerprint density at radius 2 is 2.20 bits per heavy atom. The Morgan fingerprint density at radius 3 is 3.00 bits per heavy atom. The van der Waals surface area contributed by atoms with Crippen LogP contribution >= 0.6 is 0 Å². The van der Waals surface area contributed by atoms with Gasteiger partial charge in [0.15, 0.2) is 0 Å². The van der Waals surface area contributed by atoms with E-state index in [2.05, 4.69) is 0 Å². The summed E-state index contributed by atoms with van der Waals surface area (Å²) in [4.78, 5) is 16.6. The lowest BCUT2D eigenvalue weighted by atomic mass is 9.91. The zero-order valence-corrected chi connectivity index (χ0v) is 14.4. The number of hydrogen-bond acceptors (Lipinski definition) is 4. The average molecular weight is 338 g/mol. The normalized spacial score (nSPS) is 18.2. The van der Waals surface area contributed by atoms with Crippen LogP contribution in [0.25, 0.3) is 0 Å². The first-order valence-corrected chi connectivity index (χ1v) is 8.75. The second-order valence-electron chi connectivity index (χ2n) is 6.87. The Labute approximate surface area is 147 Å². The smallest absolute Gasteiger partial charge is 0.250 e. The molecule has 4 rings (SSSR count). The number of carbonyl (C=O) groups excluding carboxylic acids is 1. The lowest BCUT2D eigenvalue weighted by Crippen LogP contribution is -2.25. The molecule has 1 unspecified atom stereocenters. The number of fused-ring (bicyclic) bond motifs is 2. The number of nitrogens with zero attached hydrogens (tertiary/aromatic N) is 1. The first-order valence-electron chi connectivity index (χ1n) is 8.75. The summed E-state index contributed by atoms with van der Waals surface area (Å²) in [7, 11) is 1.65. The van der Waals surface area contributed by atoms with Crippen molar-refractivity contribution < 1.29 is 14.3 Å². The SMILES string of the molecule is COc1ccc2c(c1)OCC(Cc1nc3c(cc1C(N)=O)CCC3)C2. The van der Waals surface area contributed by atoms with E-state index in [1.165, 1.54) is 11.1 Å². The first kappa shape index (κ1) is 15.9. The summed E-state index contributed by atoms with van der Waals surface area (Å²) in [6.07, 6.45) is 4.69. The van der Waals surface area contributed by atoms with Crippen molar-refractivity contribution in [2.24, 2.45) is 11.7 Å². The van der Waals surface area contributed by atoms with Gasteiger partial charge in [0.25, 0.3) is 5.91 Å². The highest BCUT2D eigenvalue weighted by Gasteiger charge is 2.25.